The van der Waals surface area contributed by atoms with Crippen LogP contribution in [0.25, 0.3) is 16.7 Å². The van der Waals surface area contributed by atoms with Crippen molar-refractivity contribution in [2.45, 2.75) is 6.04 Å². The molecule has 2 N–H and O–H groups in total. The molecule has 1 aromatic heterocycles. The van der Waals surface area contributed by atoms with Crippen molar-refractivity contribution in [3.8, 4) is 5.75 Å². The molecular weight excluding hydrogens is 459 g/mol. The number of amides is 1. The summed E-state index contributed by atoms with van der Waals surface area (Å²) in [4.78, 5) is 31.0. The van der Waals surface area contributed by atoms with Gasteiger partial charge in [-0.25, -0.2) is 4.39 Å². The predicted molar refractivity (Wildman–Crippen MR) is 127 cm³/mol. The highest BCUT2D eigenvalue weighted by Gasteiger charge is 2.48. The van der Waals surface area contributed by atoms with Crippen LogP contribution in [0.4, 0.5) is 10.1 Å². The van der Waals surface area contributed by atoms with E-state index in [1.807, 2.05) is 24.3 Å². The standard InChI is InChI=1S/C26H18ClFN2O4/c1-34-21-11-6-14(27)12-18(21)24(31)22-23(19-13-29-20-5-3-2-4-17(19)20)30(26(33)25(22)32)16-9-7-15(28)8-10-16/h2-13,23,29,31H,1H3/b24-22+. The highest BCUT2D eigenvalue weighted by Crippen LogP contribution is 2.45. The van der Waals surface area contributed by atoms with Crippen LogP contribution in [0.2, 0.25) is 5.02 Å². The van der Waals surface area contributed by atoms with E-state index >= 15 is 0 Å². The van der Waals surface area contributed by atoms with Gasteiger partial charge in [0.25, 0.3) is 11.7 Å². The van der Waals surface area contributed by atoms with Gasteiger partial charge in [0.1, 0.15) is 17.3 Å². The van der Waals surface area contributed by atoms with Crippen LogP contribution in [0.1, 0.15) is 17.2 Å². The van der Waals surface area contributed by atoms with E-state index in [0.29, 0.717) is 16.3 Å². The van der Waals surface area contributed by atoms with Crippen molar-refractivity contribution >= 4 is 45.6 Å². The van der Waals surface area contributed by atoms with Gasteiger partial charge in [-0.15, -0.1) is 0 Å². The predicted octanol–water partition coefficient (Wildman–Crippen LogP) is 5.60. The Balaban J connectivity index is 1.80. The fourth-order valence-electron chi connectivity index (χ4n) is 4.33. The summed E-state index contributed by atoms with van der Waals surface area (Å²) in [5.41, 5.74) is 1.76. The number of anilines is 1. The van der Waals surface area contributed by atoms with E-state index in [0.717, 1.165) is 10.9 Å². The maximum atomic E-state index is 13.6. The van der Waals surface area contributed by atoms with Crippen molar-refractivity contribution in [2.75, 3.05) is 12.0 Å². The normalized spacial score (nSPS) is 17.5. The number of nitrogens with zero attached hydrogens (tertiary/aromatic N) is 1. The number of benzene rings is 3. The number of Topliss-reactive ketones (excluding diaryl/α,β-unsaturated/α-hetero) is 1. The minimum atomic E-state index is -0.981. The zero-order valence-corrected chi connectivity index (χ0v) is 18.6. The van der Waals surface area contributed by atoms with Gasteiger partial charge in [0, 0.05) is 33.4 Å². The number of carbonyl (C=O) groups excluding carboxylic acids is 2. The number of ketones is 1. The first-order valence-corrected chi connectivity index (χ1v) is 10.7. The minimum absolute atomic E-state index is 0.125. The van der Waals surface area contributed by atoms with E-state index in [1.54, 1.807) is 18.3 Å². The first-order chi connectivity index (χ1) is 16.4. The van der Waals surface area contributed by atoms with E-state index in [4.69, 9.17) is 16.3 Å². The molecular formula is C26H18ClFN2O4. The third-order valence-electron chi connectivity index (χ3n) is 5.88. The molecule has 3 aromatic carbocycles. The lowest BCUT2D eigenvalue weighted by Gasteiger charge is -2.25. The van der Waals surface area contributed by atoms with Crippen LogP contribution in [0, 0.1) is 5.82 Å². The number of methoxy groups -OCH3 is 1. The third kappa shape index (κ3) is 3.41. The molecule has 6 nitrogen and oxygen atoms in total. The number of nitrogens with one attached hydrogen (secondary N) is 1. The molecule has 170 valence electrons. The lowest BCUT2D eigenvalue weighted by atomic mass is 9.94. The molecule has 8 heteroatoms. The lowest BCUT2D eigenvalue weighted by Crippen LogP contribution is -2.29. The summed E-state index contributed by atoms with van der Waals surface area (Å²) in [6, 6.07) is 16.3. The number of aliphatic hydroxyl groups excluding tert-OH is 1. The minimum Gasteiger partial charge on any atom is -0.507 e. The second kappa shape index (κ2) is 8.35. The van der Waals surface area contributed by atoms with E-state index in [2.05, 4.69) is 4.98 Å². The number of aromatic amines is 1. The number of hydrogen-bond acceptors (Lipinski definition) is 4. The van der Waals surface area contributed by atoms with Gasteiger partial charge < -0.3 is 14.8 Å². The molecule has 34 heavy (non-hydrogen) atoms. The van der Waals surface area contributed by atoms with Gasteiger partial charge >= 0.3 is 0 Å². The number of para-hydroxylation sites is 1. The van der Waals surface area contributed by atoms with Crippen molar-refractivity contribution in [1.82, 2.24) is 4.98 Å². The van der Waals surface area contributed by atoms with Crippen molar-refractivity contribution in [1.29, 1.82) is 0 Å². The van der Waals surface area contributed by atoms with Gasteiger partial charge in [0.2, 0.25) is 0 Å². The van der Waals surface area contributed by atoms with Crippen LogP contribution < -0.4 is 9.64 Å². The summed E-state index contributed by atoms with van der Waals surface area (Å²) in [5.74, 6) is -2.33. The SMILES string of the molecule is COc1ccc(Cl)cc1/C(O)=C1\C(=O)C(=O)N(c2ccc(F)cc2)C1c1c[nH]c2ccccc12. The van der Waals surface area contributed by atoms with Crippen molar-refractivity contribution in [3.05, 3.63) is 100 Å². The van der Waals surface area contributed by atoms with E-state index in [9.17, 15) is 19.1 Å². The second-order valence-corrected chi connectivity index (χ2v) is 8.22. The number of aliphatic hydroxyl groups is 1. The monoisotopic (exact) mass is 476 g/mol. The maximum Gasteiger partial charge on any atom is 0.300 e. The van der Waals surface area contributed by atoms with Crippen molar-refractivity contribution in [3.63, 3.8) is 0 Å². The summed E-state index contributed by atoms with van der Waals surface area (Å²) < 4.78 is 19.0. The van der Waals surface area contributed by atoms with Gasteiger partial charge in [-0.1, -0.05) is 29.8 Å². The Morgan fingerprint density at radius 1 is 1.09 bits per heavy atom. The molecule has 0 aliphatic carbocycles. The molecule has 5 rings (SSSR count). The number of ether oxygens (including phenoxy) is 1. The van der Waals surface area contributed by atoms with Gasteiger partial charge in [-0.05, 0) is 48.5 Å². The van der Waals surface area contributed by atoms with Crippen LogP contribution in [0.15, 0.2) is 78.5 Å². The molecule has 1 saturated heterocycles. The first-order valence-electron chi connectivity index (χ1n) is 10.4. The Bertz CT molecular complexity index is 1480. The van der Waals surface area contributed by atoms with Crippen LogP contribution in [0.3, 0.4) is 0 Å². The Hall–Kier alpha value is -4.10. The number of halogens is 2. The van der Waals surface area contributed by atoms with E-state index < -0.39 is 29.3 Å². The first kappa shape index (κ1) is 21.7. The molecule has 1 amide bonds. The molecule has 1 atom stereocenters. The van der Waals surface area contributed by atoms with E-state index in [-0.39, 0.29) is 16.9 Å². The van der Waals surface area contributed by atoms with E-state index in [1.165, 1.54) is 42.3 Å². The fraction of sp³-hybridized carbons (Fsp3) is 0.0769. The van der Waals surface area contributed by atoms with Crippen LogP contribution >= 0.6 is 11.6 Å². The molecule has 4 aromatic rings. The molecule has 1 aliphatic heterocycles. The average molecular weight is 477 g/mol. The molecule has 0 spiro atoms. The van der Waals surface area contributed by atoms with Gasteiger partial charge in [-0.2, -0.15) is 0 Å². The molecule has 2 heterocycles. The van der Waals surface area contributed by atoms with Crippen molar-refractivity contribution < 1.29 is 23.8 Å². The topological polar surface area (TPSA) is 82.6 Å². The Labute approximate surface area is 198 Å². The van der Waals surface area contributed by atoms with Gasteiger partial charge in [0.05, 0.1) is 24.3 Å². The molecule has 1 fully saturated rings. The Morgan fingerprint density at radius 2 is 1.82 bits per heavy atom. The number of aromatic nitrogens is 1. The summed E-state index contributed by atoms with van der Waals surface area (Å²) in [6.07, 6.45) is 1.69. The second-order valence-electron chi connectivity index (χ2n) is 7.78. The maximum absolute atomic E-state index is 13.6. The molecule has 0 saturated carbocycles. The molecule has 0 radical (unpaired) electrons. The van der Waals surface area contributed by atoms with Crippen LogP contribution in [0.5, 0.6) is 5.75 Å². The molecule has 1 unspecified atom stereocenters. The summed E-state index contributed by atoms with van der Waals surface area (Å²) in [7, 11) is 1.42. The summed E-state index contributed by atoms with van der Waals surface area (Å²) in [6.45, 7) is 0. The lowest BCUT2D eigenvalue weighted by molar-refractivity contribution is -0.132. The number of fused-ring (bicyclic) bond motifs is 1. The van der Waals surface area contributed by atoms with Crippen molar-refractivity contribution in [2.24, 2.45) is 0 Å². The van der Waals surface area contributed by atoms with Gasteiger partial charge in [0.15, 0.2) is 0 Å². The molecule has 0 bridgehead atoms. The van der Waals surface area contributed by atoms with Crippen LogP contribution in [-0.2, 0) is 9.59 Å². The molecule has 1 aliphatic rings. The fourth-order valence-corrected chi connectivity index (χ4v) is 4.50. The average Bonchev–Trinajstić information content (AvgIpc) is 3.38. The third-order valence-corrected chi connectivity index (χ3v) is 6.12. The highest BCUT2D eigenvalue weighted by atomic mass is 35.5. The highest BCUT2D eigenvalue weighted by molar-refractivity contribution is 6.52. The largest absolute Gasteiger partial charge is 0.507 e. The zero-order valence-electron chi connectivity index (χ0n) is 17.9. The Kier molecular flexibility index (Phi) is 5.34. The number of H-pyrrole nitrogens is 1. The number of hydrogen-bond donors (Lipinski definition) is 2. The van der Waals surface area contributed by atoms with Crippen LogP contribution in [-0.4, -0.2) is 28.9 Å². The summed E-state index contributed by atoms with van der Waals surface area (Å²) in [5, 5.41) is 12.5. The summed E-state index contributed by atoms with van der Waals surface area (Å²) >= 11 is 6.15. The van der Waals surface area contributed by atoms with Gasteiger partial charge in [-0.3, -0.25) is 14.5 Å². The quantitative estimate of drug-likeness (QED) is 0.228. The number of carbonyl (C=O) groups is 2. The number of rotatable bonds is 4. The smallest absolute Gasteiger partial charge is 0.300 e. The zero-order chi connectivity index (χ0) is 24.0. The Morgan fingerprint density at radius 3 is 2.56 bits per heavy atom.